The maximum Gasteiger partial charge on any atom is 0.342 e. The maximum atomic E-state index is 13.1. The van der Waals surface area contributed by atoms with Crippen molar-refractivity contribution in [2.24, 2.45) is 0 Å². The molecule has 3 rings (SSSR count). The molecule has 6 heteroatoms. The van der Waals surface area contributed by atoms with E-state index in [1.54, 1.807) is 48.1 Å². The number of hydrogen-bond donors (Lipinski definition) is 0. The van der Waals surface area contributed by atoms with Crippen LogP contribution in [0, 0.1) is 25.1 Å². The van der Waals surface area contributed by atoms with E-state index < -0.39 is 12.1 Å². The largest absolute Gasteiger partial charge is 0.451 e. The molecule has 5 nitrogen and oxygen atoms in total. The Balaban J connectivity index is 1.84. The van der Waals surface area contributed by atoms with Gasteiger partial charge in [0, 0.05) is 6.20 Å². The lowest BCUT2D eigenvalue weighted by molar-refractivity contribution is 0.0298. The van der Waals surface area contributed by atoms with E-state index in [9.17, 15) is 9.18 Å². The molecule has 0 aliphatic rings. The molecule has 26 heavy (non-hydrogen) atoms. The molecule has 0 spiro atoms. The number of aromatic nitrogens is 3. The number of ether oxygens (including phenoxy) is 1. The van der Waals surface area contributed by atoms with Gasteiger partial charge in [0.05, 0.1) is 29.7 Å². The number of pyridine rings is 1. The molecule has 1 aromatic carbocycles. The standard InChI is InChI=1S/C20H16FN3O2/c1-3-6-19(18-7-4-5-12-22-18)26-20(25)17-13-23-24(14(17)2)16-10-8-15(21)9-11-16/h1,4-5,7-13,19H,6H2,2H3/t19-/m1/s1. The normalized spacial score (nSPS) is 11.6. The summed E-state index contributed by atoms with van der Waals surface area (Å²) in [5.41, 5.74) is 2.13. The van der Waals surface area contributed by atoms with E-state index >= 15 is 0 Å². The maximum absolute atomic E-state index is 13.1. The Morgan fingerprint density at radius 2 is 2.08 bits per heavy atom. The molecule has 0 saturated carbocycles. The van der Waals surface area contributed by atoms with Gasteiger partial charge >= 0.3 is 5.97 Å². The molecule has 2 heterocycles. The zero-order chi connectivity index (χ0) is 18.5. The molecule has 1 atom stereocenters. The Morgan fingerprint density at radius 3 is 2.73 bits per heavy atom. The van der Waals surface area contributed by atoms with Gasteiger partial charge in [0.2, 0.25) is 0 Å². The lowest BCUT2D eigenvalue weighted by Gasteiger charge is -2.15. The van der Waals surface area contributed by atoms with E-state index in [0.717, 1.165) is 0 Å². The van der Waals surface area contributed by atoms with Crippen LogP contribution >= 0.6 is 0 Å². The molecule has 0 amide bonds. The van der Waals surface area contributed by atoms with Gasteiger partial charge < -0.3 is 4.74 Å². The first-order valence-corrected chi connectivity index (χ1v) is 7.96. The van der Waals surface area contributed by atoms with Gasteiger partial charge in [-0.2, -0.15) is 5.10 Å². The van der Waals surface area contributed by atoms with Crippen molar-refractivity contribution in [3.05, 3.63) is 77.6 Å². The van der Waals surface area contributed by atoms with E-state index in [4.69, 9.17) is 11.2 Å². The zero-order valence-electron chi connectivity index (χ0n) is 14.1. The molecular formula is C20H16FN3O2. The average molecular weight is 349 g/mol. The van der Waals surface area contributed by atoms with Crippen LogP contribution in [0.4, 0.5) is 4.39 Å². The molecule has 0 radical (unpaired) electrons. The van der Waals surface area contributed by atoms with Gasteiger partial charge in [-0.05, 0) is 43.3 Å². The minimum atomic E-state index is -0.637. The number of halogens is 1. The number of hydrogen-bond acceptors (Lipinski definition) is 4. The molecule has 0 N–H and O–H groups in total. The summed E-state index contributed by atoms with van der Waals surface area (Å²) in [6.45, 7) is 1.74. The smallest absolute Gasteiger partial charge is 0.342 e. The third-order valence-electron chi connectivity index (χ3n) is 3.87. The van der Waals surface area contributed by atoms with Crippen molar-refractivity contribution in [1.82, 2.24) is 14.8 Å². The quantitative estimate of drug-likeness (QED) is 0.521. The van der Waals surface area contributed by atoms with Crippen molar-refractivity contribution >= 4 is 5.97 Å². The van der Waals surface area contributed by atoms with Crippen LogP contribution in [0.15, 0.2) is 54.9 Å². The van der Waals surface area contributed by atoms with Crippen LogP contribution in [0.25, 0.3) is 5.69 Å². The van der Waals surface area contributed by atoms with Gasteiger partial charge in [0.1, 0.15) is 11.4 Å². The van der Waals surface area contributed by atoms with Crippen molar-refractivity contribution in [1.29, 1.82) is 0 Å². The molecule has 130 valence electrons. The second-order valence-corrected chi connectivity index (χ2v) is 5.59. The summed E-state index contributed by atoms with van der Waals surface area (Å²) in [7, 11) is 0. The number of benzene rings is 1. The van der Waals surface area contributed by atoms with E-state index in [-0.39, 0.29) is 12.2 Å². The summed E-state index contributed by atoms with van der Waals surface area (Å²) in [6.07, 6.45) is 8.01. The first-order chi connectivity index (χ1) is 12.6. The van der Waals surface area contributed by atoms with Crippen LogP contribution in [0.1, 0.15) is 34.3 Å². The fraction of sp³-hybridized carbons (Fsp3) is 0.150. The summed E-state index contributed by atoms with van der Waals surface area (Å²) in [4.78, 5) is 16.8. The second kappa shape index (κ2) is 7.62. The molecule has 0 fully saturated rings. The summed E-state index contributed by atoms with van der Waals surface area (Å²) >= 11 is 0. The van der Waals surface area contributed by atoms with Crippen LogP contribution in [0.2, 0.25) is 0 Å². The Bertz CT molecular complexity index is 943. The SMILES string of the molecule is C#CC[C@@H](OC(=O)c1cnn(-c2ccc(F)cc2)c1C)c1ccccn1. The first kappa shape index (κ1) is 17.4. The second-order valence-electron chi connectivity index (χ2n) is 5.59. The fourth-order valence-electron chi connectivity index (χ4n) is 2.53. The van der Waals surface area contributed by atoms with E-state index in [2.05, 4.69) is 16.0 Å². The molecule has 0 aliphatic carbocycles. The predicted molar refractivity (Wildman–Crippen MR) is 94.1 cm³/mol. The topological polar surface area (TPSA) is 57.0 Å². The minimum Gasteiger partial charge on any atom is -0.451 e. The van der Waals surface area contributed by atoms with Crippen molar-refractivity contribution in [2.45, 2.75) is 19.4 Å². The van der Waals surface area contributed by atoms with Gasteiger partial charge in [-0.3, -0.25) is 4.98 Å². The Kier molecular flexibility index (Phi) is 5.09. The third kappa shape index (κ3) is 3.62. The number of carbonyl (C=O) groups is 1. The van der Waals surface area contributed by atoms with Crippen molar-refractivity contribution in [3.63, 3.8) is 0 Å². The predicted octanol–water partition coefficient (Wildman–Crippen LogP) is 3.64. The van der Waals surface area contributed by atoms with Gasteiger partial charge in [-0.25, -0.2) is 13.9 Å². The monoisotopic (exact) mass is 349 g/mol. The molecule has 3 aromatic rings. The first-order valence-electron chi connectivity index (χ1n) is 7.96. The van der Waals surface area contributed by atoms with Crippen LogP contribution < -0.4 is 0 Å². The average Bonchev–Trinajstić information content (AvgIpc) is 3.04. The number of rotatable bonds is 5. The number of carbonyl (C=O) groups excluding carboxylic acids is 1. The summed E-state index contributed by atoms with van der Waals surface area (Å²) in [5, 5.41) is 4.20. The number of terminal acetylenes is 1. The molecule has 0 bridgehead atoms. The van der Waals surface area contributed by atoms with E-state index in [0.29, 0.717) is 22.6 Å². The Hall–Kier alpha value is -3.46. The molecule has 0 saturated heterocycles. The molecule has 0 unspecified atom stereocenters. The summed E-state index contributed by atoms with van der Waals surface area (Å²) < 4.78 is 20.2. The summed E-state index contributed by atoms with van der Waals surface area (Å²) in [5.74, 6) is 1.62. The highest BCUT2D eigenvalue weighted by atomic mass is 19.1. The van der Waals surface area contributed by atoms with Crippen LogP contribution in [-0.2, 0) is 4.74 Å². The van der Waals surface area contributed by atoms with Gasteiger partial charge in [-0.1, -0.05) is 6.07 Å². The highest BCUT2D eigenvalue weighted by molar-refractivity contribution is 5.90. The lowest BCUT2D eigenvalue weighted by Crippen LogP contribution is -2.13. The number of nitrogens with zero attached hydrogens (tertiary/aromatic N) is 3. The van der Waals surface area contributed by atoms with Crippen molar-refractivity contribution in [2.75, 3.05) is 0 Å². The summed E-state index contributed by atoms with van der Waals surface area (Å²) in [6, 6.07) is 11.2. The van der Waals surface area contributed by atoms with Crippen LogP contribution in [0.5, 0.6) is 0 Å². The highest BCUT2D eigenvalue weighted by Crippen LogP contribution is 2.22. The van der Waals surface area contributed by atoms with Gasteiger partial charge in [-0.15, -0.1) is 12.3 Å². The number of esters is 1. The fourth-order valence-corrected chi connectivity index (χ4v) is 2.53. The molecule has 2 aromatic heterocycles. The van der Waals surface area contributed by atoms with Crippen LogP contribution in [0.3, 0.4) is 0 Å². The Morgan fingerprint density at radius 1 is 1.31 bits per heavy atom. The van der Waals surface area contributed by atoms with Gasteiger partial charge in [0.15, 0.2) is 6.10 Å². The third-order valence-corrected chi connectivity index (χ3v) is 3.87. The Labute approximate surface area is 150 Å². The van der Waals surface area contributed by atoms with E-state index in [1.165, 1.54) is 18.3 Å². The lowest BCUT2D eigenvalue weighted by atomic mass is 10.1. The minimum absolute atomic E-state index is 0.216. The van der Waals surface area contributed by atoms with E-state index in [1.807, 2.05) is 0 Å². The molecule has 0 aliphatic heterocycles. The van der Waals surface area contributed by atoms with Crippen molar-refractivity contribution in [3.8, 4) is 18.0 Å². The van der Waals surface area contributed by atoms with Gasteiger partial charge in [0.25, 0.3) is 0 Å². The zero-order valence-corrected chi connectivity index (χ0v) is 14.1. The van der Waals surface area contributed by atoms with Crippen LogP contribution in [-0.4, -0.2) is 20.7 Å². The highest BCUT2D eigenvalue weighted by Gasteiger charge is 2.22. The molecular weight excluding hydrogens is 333 g/mol. The van der Waals surface area contributed by atoms with Crippen molar-refractivity contribution < 1.29 is 13.9 Å².